The van der Waals surface area contributed by atoms with Gasteiger partial charge in [0.05, 0.1) is 0 Å². The molecule has 2 heterocycles. The van der Waals surface area contributed by atoms with Crippen molar-refractivity contribution in [3.05, 3.63) is 5.82 Å². The largest absolute Gasteiger partial charge is 0.366 e. The van der Waals surface area contributed by atoms with Crippen LogP contribution in [0.15, 0.2) is 0 Å². The summed E-state index contributed by atoms with van der Waals surface area (Å²) in [5, 5.41) is 8.67. The molecule has 1 aromatic rings. The van der Waals surface area contributed by atoms with E-state index >= 15 is 0 Å². The van der Waals surface area contributed by atoms with Gasteiger partial charge in [-0.3, -0.25) is 14.7 Å². The van der Waals surface area contributed by atoms with Crippen LogP contribution in [0.3, 0.4) is 0 Å². The number of nitrogens with zero attached hydrogens (tertiary/aromatic N) is 3. The molecule has 4 N–H and O–H groups in total. The lowest BCUT2D eigenvalue weighted by molar-refractivity contribution is -0.127. The maximum Gasteiger partial charge on any atom is 0.291 e. The Morgan fingerprint density at radius 2 is 2.38 bits per heavy atom. The number of carbonyl (C=O) groups is 2. The van der Waals surface area contributed by atoms with Crippen molar-refractivity contribution < 1.29 is 9.59 Å². The average molecular weight is 224 g/mol. The second kappa shape index (κ2) is 3.80. The van der Waals surface area contributed by atoms with Crippen LogP contribution in [0, 0.1) is 0 Å². The summed E-state index contributed by atoms with van der Waals surface area (Å²) in [6.07, 6.45) is 0. The van der Waals surface area contributed by atoms with Crippen LogP contribution < -0.4 is 11.1 Å². The Labute approximate surface area is 91.2 Å². The highest BCUT2D eigenvalue weighted by Crippen LogP contribution is 2.08. The smallest absolute Gasteiger partial charge is 0.291 e. The van der Waals surface area contributed by atoms with Gasteiger partial charge in [-0.25, -0.2) is 0 Å². The molecule has 86 valence electrons. The van der Waals surface area contributed by atoms with Crippen molar-refractivity contribution in [3.63, 3.8) is 0 Å². The number of nitrogens with two attached hydrogens (primary N) is 1. The number of rotatable bonds is 1. The molecule has 1 saturated heterocycles. The number of hydrogen-bond donors (Lipinski definition) is 3. The van der Waals surface area contributed by atoms with Crippen molar-refractivity contribution >= 4 is 17.8 Å². The van der Waals surface area contributed by atoms with Gasteiger partial charge in [0.25, 0.3) is 5.91 Å². The molecule has 8 heteroatoms. The zero-order valence-electron chi connectivity index (χ0n) is 8.73. The number of nitrogen functional groups attached to an aromatic ring is 1. The summed E-state index contributed by atoms with van der Waals surface area (Å²) < 4.78 is 0. The molecule has 0 saturated carbocycles. The van der Waals surface area contributed by atoms with Crippen molar-refractivity contribution in [1.29, 1.82) is 0 Å². The van der Waals surface area contributed by atoms with Crippen LogP contribution in [-0.2, 0) is 4.79 Å². The van der Waals surface area contributed by atoms with E-state index < -0.39 is 6.04 Å². The van der Waals surface area contributed by atoms with E-state index in [0.717, 1.165) is 0 Å². The summed E-state index contributed by atoms with van der Waals surface area (Å²) in [5.41, 5.74) is 5.30. The maximum atomic E-state index is 11.9. The Morgan fingerprint density at radius 3 is 3.00 bits per heavy atom. The first-order chi connectivity index (χ1) is 7.59. The second-order valence-electron chi connectivity index (χ2n) is 3.51. The Hall–Kier alpha value is -2.12. The lowest BCUT2D eigenvalue weighted by Gasteiger charge is -2.31. The van der Waals surface area contributed by atoms with Gasteiger partial charge in [0.1, 0.15) is 6.04 Å². The van der Waals surface area contributed by atoms with Crippen molar-refractivity contribution in [2.75, 3.05) is 18.8 Å². The molecule has 1 aliphatic heterocycles. The molecular weight excluding hydrogens is 212 g/mol. The molecule has 1 aliphatic rings. The molecule has 0 aromatic carbocycles. The van der Waals surface area contributed by atoms with Crippen molar-refractivity contribution in [2.45, 2.75) is 13.0 Å². The van der Waals surface area contributed by atoms with E-state index in [-0.39, 0.29) is 23.6 Å². The Kier molecular flexibility index (Phi) is 2.47. The fourth-order valence-corrected chi connectivity index (χ4v) is 1.57. The minimum atomic E-state index is -0.507. The van der Waals surface area contributed by atoms with Crippen LogP contribution in [0.25, 0.3) is 0 Å². The first-order valence-corrected chi connectivity index (χ1v) is 4.86. The molecule has 0 radical (unpaired) electrons. The van der Waals surface area contributed by atoms with Crippen LogP contribution in [0.4, 0.5) is 5.95 Å². The number of hydrogen-bond acceptors (Lipinski definition) is 5. The SMILES string of the molecule is CC1C(=O)NCCN1C(=O)c1nc(N)n[nH]1. The summed E-state index contributed by atoms with van der Waals surface area (Å²) >= 11 is 0. The first kappa shape index (κ1) is 10.4. The van der Waals surface area contributed by atoms with Crippen molar-refractivity contribution in [2.24, 2.45) is 0 Å². The Morgan fingerprint density at radius 1 is 1.62 bits per heavy atom. The minimum Gasteiger partial charge on any atom is -0.366 e. The summed E-state index contributed by atoms with van der Waals surface area (Å²) in [6.45, 7) is 2.55. The van der Waals surface area contributed by atoms with Crippen LogP contribution >= 0.6 is 0 Å². The van der Waals surface area contributed by atoms with Gasteiger partial charge in [-0.05, 0) is 6.92 Å². The molecule has 0 aliphatic carbocycles. The van der Waals surface area contributed by atoms with Crippen LogP contribution in [0.5, 0.6) is 0 Å². The molecule has 2 rings (SSSR count). The monoisotopic (exact) mass is 224 g/mol. The predicted octanol–water partition coefficient (Wildman–Crippen LogP) is -1.65. The molecule has 2 amide bonds. The topological polar surface area (TPSA) is 117 Å². The van der Waals surface area contributed by atoms with E-state index in [9.17, 15) is 9.59 Å². The van der Waals surface area contributed by atoms with Crippen molar-refractivity contribution in [3.8, 4) is 0 Å². The van der Waals surface area contributed by atoms with Crippen molar-refractivity contribution in [1.82, 2.24) is 25.4 Å². The van der Waals surface area contributed by atoms with Gasteiger partial charge in [0, 0.05) is 13.1 Å². The van der Waals surface area contributed by atoms with E-state index in [2.05, 4.69) is 20.5 Å². The number of amides is 2. The fraction of sp³-hybridized carbons (Fsp3) is 0.500. The number of carbonyl (C=O) groups excluding carboxylic acids is 2. The highest BCUT2D eigenvalue weighted by atomic mass is 16.2. The lowest BCUT2D eigenvalue weighted by Crippen LogP contribution is -2.56. The average Bonchev–Trinajstić information content (AvgIpc) is 2.68. The molecule has 1 atom stereocenters. The summed E-state index contributed by atoms with van der Waals surface area (Å²) in [6, 6.07) is -0.507. The number of H-pyrrole nitrogens is 1. The van der Waals surface area contributed by atoms with Gasteiger partial charge in [0.15, 0.2) is 0 Å². The predicted molar refractivity (Wildman–Crippen MR) is 54.3 cm³/mol. The maximum absolute atomic E-state index is 11.9. The highest BCUT2D eigenvalue weighted by Gasteiger charge is 2.31. The van der Waals surface area contributed by atoms with Crippen LogP contribution in [0.2, 0.25) is 0 Å². The molecule has 0 spiro atoms. The number of aromatic nitrogens is 3. The zero-order valence-corrected chi connectivity index (χ0v) is 8.73. The number of aromatic amines is 1. The Balaban J connectivity index is 2.18. The third-order valence-corrected chi connectivity index (χ3v) is 2.47. The van der Waals surface area contributed by atoms with Gasteiger partial charge in [0.2, 0.25) is 17.7 Å². The molecule has 16 heavy (non-hydrogen) atoms. The zero-order chi connectivity index (χ0) is 11.7. The lowest BCUT2D eigenvalue weighted by atomic mass is 10.2. The van der Waals surface area contributed by atoms with E-state index in [0.29, 0.717) is 13.1 Å². The quantitative estimate of drug-likeness (QED) is 0.528. The van der Waals surface area contributed by atoms with Crippen LogP contribution in [-0.4, -0.2) is 51.0 Å². The van der Waals surface area contributed by atoms with E-state index in [1.807, 2.05) is 0 Å². The highest BCUT2D eigenvalue weighted by molar-refractivity contribution is 5.95. The van der Waals surface area contributed by atoms with Gasteiger partial charge in [-0.2, -0.15) is 4.98 Å². The molecular formula is C8H12N6O2. The third-order valence-electron chi connectivity index (χ3n) is 2.47. The van der Waals surface area contributed by atoms with Gasteiger partial charge >= 0.3 is 0 Å². The fourth-order valence-electron chi connectivity index (χ4n) is 1.57. The summed E-state index contributed by atoms with van der Waals surface area (Å²) in [4.78, 5) is 28.5. The molecule has 8 nitrogen and oxygen atoms in total. The second-order valence-corrected chi connectivity index (χ2v) is 3.51. The van der Waals surface area contributed by atoms with Gasteiger partial charge in [-0.1, -0.05) is 0 Å². The molecule has 1 fully saturated rings. The molecule has 1 unspecified atom stereocenters. The number of nitrogens with one attached hydrogen (secondary N) is 2. The van der Waals surface area contributed by atoms with E-state index in [1.54, 1.807) is 6.92 Å². The van der Waals surface area contributed by atoms with Crippen LogP contribution in [0.1, 0.15) is 17.5 Å². The first-order valence-electron chi connectivity index (χ1n) is 4.86. The molecule has 0 bridgehead atoms. The van der Waals surface area contributed by atoms with Gasteiger partial charge < -0.3 is 16.0 Å². The summed E-state index contributed by atoms with van der Waals surface area (Å²) in [5.74, 6) is -0.477. The van der Waals surface area contributed by atoms with E-state index in [1.165, 1.54) is 4.90 Å². The minimum absolute atomic E-state index is 0.0115. The summed E-state index contributed by atoms with van der Waals surface area (Å²) in [7, 11) is 0. The Bertz CT molecular complexity index is 428. The third kappa shape index (κ3) is 1.69. The number of piperazine rings is 1. The molecule has 1 aromatic heterocycles. The number of anilines is 1. The standard InChI is InChI=1S/C8H12N6O2/c1-4-6(15)10-2-3-14(4)7(16)5-11-8(9)13-12-5/h4H,2-3H2,1H3,(H,10,15)(H3,9,11,12,13). The van der Waals surface area contributed by atoms with Gasteiger partial charge in [-0.15, -0.1) is 5.10 Å². The normalized spacial score (nSPS) is 20.7. The van der Waals surface area contributed by atoms with E-state index in [4.69, 9.17) is 5.73 Å².